The van der Waals surface area contributed by atoms with Gasteiger partial charge < -0.3 is 5.32 Å². The van der Waals surface area contributed by atoms with Crippen molar-refractivity contribution in [2.75, 3.05) is 18.4 Å². The molecule has 1 aliphatic rings. The predicted octanol–water partition coefficient (Wildman–Crippen LogP) is 4.18. The summed E-state index contributed by atoms with van der Waals surface area (Å²) in [5.41, 5.74) is 1.82. The molecule has 138 valence electrons. The number of anilines is 1. The van der Waals surface area contributed by atoms with Crippen LogP contribution in [0.5, 0.6) is 0 Å². The molecule has 0 bridgehead atoms. The van der Waals surface area contributed by atoms with E-state index in [1.54, 1.807) is 24.3 Å². The lowest BCUT2D eigenvalue weighted by molar-refractivity contribution is 0.102. The third kappa shape index (κ3) is 4.00. The van der Waals surface area contributed by atoms with Crippen LogP contribution in [0.25, 0.3) is 0 Å². The van der Waals surface area contributed by atoms with Gasteiger partial charge in [0.05, 0.1) is 16.1 Å². The molecule has 0 unspecified atom stereocenters. The van der Waals surface area contributed by atoms with Gasteiger partial charge in [0.25, 0.3) is 5.91 Å². The summed E-state index contributed by atoms with van der Waals surface area (Å²) in [5, 5.41) is 2.80. The average molecular weight is 437 g/mol. The number of sulfonamides is 1. The van der Waals surface area contributed by atoms with Gasteiger partial charge in [0.1, 0.15) is 0 Å². The Balaban J connectivity index is 1.92. The van der Waals surface area contributed by atoms with Gasteiger partial charge in [0.15, 0.2) is 0 Å². The quantitative estimate of drug-likeness (QED) is 0.781. The molecule has 0 atom stereocenters. The van der Waals surface area contributed by atoms with E-state index in [1.165, 1.54) is 10.4 Å². The highest BCUT2D eigenvalue weighted by Gasteiger charge is 2.29. The van der Waals surface area contributed by atoms with Crippen LogP contribution in [0.3, 0.4) is 0 Å². The Hall–Kier alpha value is -1.70. The topological polar surface area (TPSA) is 66.5 Å². The smallest absolute Gasteiger partial charge is 0.257 e. The van der Waals surface area contributed by atoms with Gasteiger partial charge in [-0.05, 0) is 65.5 Å². The summed E-state index contributed by atoms with van der Waals surface area (Å²) in [6, 6.07) is 11.9. The van der Waals surface area contributed by atoms with Crippen LogP contribution < -0.4 is 5.32 Å². The summed E-state index contributed by atoms with van der Waals surface area (Å²) in [6.07, 6.45) is 2.74. The molecular formula is C19H21BrN2O3S. The van der Waals surface area contributed by atoms with E-state index in [0.29, 0.717) is 18.8 Å². The average Bonchev–Trinajstić information content (AvgIpc) is 2.64. The van der Waals surface area contributed by atoms with Crippen molar-refractivity contribution in [3.63, 3.8) is 0 Å². The van der Waals surface area contributed by atoms with Gasteiger partial charge >= 0.3 is 0 Å². The molecule has 0 spiro atoms. The minimum Gasteiger partial charge on any atom is -0.321 e. The molecule has 1 amide bonds. The van der Waals surface area contributed by atoms with Gasteiger partial charge in [0, 0.05) is 17.6 Å². The van der Waals surface area contributed by atoms with Gasteiger partial charge in [-0.25, -0.2) is 8.42 Å². The molecule has 0 saturated carbocycles. The predicted molar refractivity (Wildman–Crippen MR) is 106 cm³/mol. The molecule has 3 rings (SSSR count). The molecule has 0 aromatic heterocycles. The maximum atomic E-state index is 13.0. The second-order valence-electron chi connectivity index (χ2n) is 6.40. The number of hydrogen-bond donors (Lipinski definition) is 1. The zero-order chi connectivity index (χ0) is 18.7. The Morgan fingerprint density at radius 1 is 1.08 bits per heavy atom. The van der Waals surface area contributed by atoms with Gasteiger partial charge in [-0.15, -0.1) is 0 Å². The highest BCUT2D eigenvalue weighted by Crippen LogP contribution is 2.27. The fourth-order valence-corrected chi connectivity index (χ4v) is 5.33. The van der Waals surface area contributed by atoms with Gasteiger partial charge in [-0.3, -0.25) is 4.79 Å². The lowest BCUT2D eigenvalue weighted by Crippen LogP contribution is -2.36. The van der Waals surface area contributed by atoms with Crippen molar-refractivity contribution in [3.8, 4) is 0 Å². The molecule has 0 radical (unpaired) electrons. The van der Waals surface area contributed by atoms with E-state index in [0.717, 1.165) is 29.3 Å². The maximum absolute atomic E-state index is 13.0. The summed E-state index contributed by atoms with van der Waals surface area (Å²) < 4.78 is 28.3. The molecular weight excluding hydrogens is 416 g/mol. The molecule has 2 aromatic rings. The third-order valence-electron chi connectivity index (χ3n) is 4.44. The Morgan fingerprint density at radius 2 is 1.77 bits per heavy atom. The van der Waals surface area contributed by atoms with Crippen molar-refractivity contribution in [2.24, 2.45) is 0 Å². The molecule has 2 aromatic carbocycles. The van der Waals surface area contributed by atoms with Crippen molar-refractivity contribution in [3.05, 3.63) is 58.1 Å². The molecule has 1 saturated heterocycles. The Kier molecular flexibility index (Phi) is 5.79. The van der Waals surface area contributed by atoms with E-state index in [2.05, 4.69) is 21.2 Å². The molecule has 1 N–H and O–H groups in total. The number of carbonyl (C=O) groups excluding carboxylic acids is 1. The third-order valence-corrected chi connectivity index (χ3v) is 7.05. The van der Waals surface area contributed by atoms with E-state index in [-0.39, 0.29) is 10.5 Å². The molecule has 1 fully saturated rings. The Morgan fingerprint density at radius 3 is 2.46 bits per heavy atom. The van der Waals surface area contributed by atoms with Crippen LogP contribution in [0.4, 0.5) is 5.69 Å². The second kappa shape index (κ2) is 7.90. The van der Waals surface area contributed by atoms with E-state index in [4.69, 9.17) is 0 Å². The molecule has 1 heterocycles. The minimum atomic E-state index is -3.69. The number of carbonyl (C=O) groups is 1. The SMILES string of the molecule is Cc1ccc(NC(=O)c2ccccc2S(=O)(=O)N2CCCCC2)c(Br)c1. The van der Waals surface area contributed by atoms with Crippen LogP contribution in [0.2, 0.25) is 0 Å². The zero-order valence-corrected chi connectivity index (χ0v) is 16.9. The molecule has 26 heavy (non-hydrogen) atoms. The Labute approximate surface area is 162 Å². The van der Waals surface area contributed by atoms with E-state index >= 15 is 0 Å². The summed E-state index contributed by atoms with van der Waals surface area (Å²) in [7, 11) is -3.69. The van der Waals surface area contributed by atoms with E-state index in [1.807, 2.05) is 19.1 Å². The minimum absolute atomic E-state index is 0.0580. The first kappa shape index (κ1) is 19.1. The van der Waals surface area contributed by atoms with Crippen molar-refractivity contribution in [1.82, 2.24) is 4.31 Å². The van der Waals surface area contributed by atoms with Crippen LogP contribution in [-0.4, -0.2) is 31.7 Å². The van der Waals surface area contributed by atoms with Crippen molar-refractivity contribution in [2.45, 2.75) is 31.1 Å². The molecule has 5 nitrogen and oxygen atoms in total. The standard InChI is InChI=1S/C19H21BrN2O3S/c1-14-9-10-17(16(20)13-14)21-19(23)15-7-3-4-8-18(15)26(24,25)22-11-5-2-6-12-22/h3-4,7-10,13H,2,5-6,11-12H2,1H3,(H,21,23). The number of aryl methyl sites for hydroxylation is 1. The van der Waals surface area contributed by atoms with Gasteiger partial charge in [-0.1, -0.05) is 24.6 Å². The highest BCUT2D eigenvalue weighted by atomic mass is 79.9. The van der Waals surface area contributed by atoms with Gasteiger partial charge in [0.2, 0.25) is 10.0 Å². The van der Waals surface area contributed by atoms with Crippen molar-refractivity contribution >= 4 is 37.5 Å². The highest BCUT2D eigenvalue weighted by molar-refractivity contribution is 9.10. The van der Waals surface area contributed by atoms with Crippen LogP contribution in [0, 0.1) is 6.92 Å². The van der Waals surface area contributed by atoms with Crippen LogP contribution >= 0.6 is 15.9 Å². The number of rotatable bonds is 4. The normalized spacial score (nSPS) is 15.6. The van der Waals surface area contributed by atoms with Crippen molar-refractivity contribution < 1.29 is 13.2 Å². The molecule has 0 aliphatic carbocycles. The van der Waals surface area contributed by atoms with Crippen molar-refractivity contribution in [1.29, 1.82) is 0 Å². The summed E-state index contributed by atoms with van der Waals surface area (Å²) in [6.45, 7) is 2.96. The number of nitrogens with one attached hydrogen (secondary N) is 1. The summed E-state index contributed by atoms with van der Waals surface area (Å²) in [4.78, 5) is 12.8. The summed E-state index contributed by atoms with van der Waals surface area (Å²) >= 11 is 3.43. The maximum Gasteiger partial charge on any atom is 0.257 e. The fraction of sp³-hybridized carbons (Fsp3) is 0.316. The number of benzene rings is 2. The summed E-state index contributed by atoms with van der Waals surface area (Å²) in [5.74, 6) is -0.439. The molecule has 7 heteroatoms. The number of hydrogen-bond acceptors (Lipinski definition) is 3. The number of piperidine rings is 1. The van der Waals surface area contributed by atoms with Gasteiger partial charge in [-0.2, -0.15) is 4.31 Å². The lowest BCUT2D eigenvalue weighted by Gasteiger charge is -2.26. The first-order valence-electron chi connectivity index (χ1n) is 8.56. The zero-order valence-electron chi connectivity index (χ0n) is 14.5. The van der Waals surface area contributed by atoms with E-state index < -0.39 is 15.9 Å². The largest absolute Gasteiger partial charge is 0.321 e. The number of halogens is 1. The van der Waals surface area contributed by atoms with Crippen LogP contribution in [0.15, 0.2) is 51.8 Å². The Bertz CT molecular complexity index is 922. The number of nitrogens with zero attached hydrogens (tertiary/aromatic N) is 1. The van der Waals surface area contributed by atoms with E-state index in [9.17, 15) is 13.2 Å². The first-order chi connectivity index (χ1) is 12.4. The van der Waals surface area contributed by atoms with Crippen LogP contribution in [-0.2, 0) is 10.0 Å². The lowest BCUT2D eigenvalue weighted by atomic mass is 10.2. The monoisotopic (exact) mass is 436 g/mol. The first-order valence-corrected chi connectivity index (χ1v) is 10.8. The second-order valence-corrected chi connectivity index (χ2v) is 9.16. The van der Waals surface area contributed by atoms with Crippen LogP contribution in [0.1, 0.15) is 35.2 Å². The molecule has 1 aliphatic heterocycles. The fourth-order valence-electron chi connectivity index (χ4n) is 3.03. The number of amides is 1.